The highest BCUT2D eigenvalue weighted by Crippen LogP contribution is 2.49. The Morgan fingerprint density at radius 1 is 1.33 bits per heavy atom. The monoisotopic (exact) mass is 362 g/mol. The molecule has 0 unspecified atom stereocenters. The summed E-state index contributed by atoms with van der Waals surface area (Å²) >= 11 is 12.5. The molecule has 1 aliphatic heterocycles. The molecule has 0 saturated heterocycles. The van der Waals surface area contributed by atoms with Gasteiger partial charge in [-0.25, -0.2) is 0 Å². The number of carbonyl (C=O) groups excluding carboxylic acids is 1. The first kappa shape index (κ1) is 16.9. The van der Waals surface area contributed by atoms with E-state index in [0.717, 1.165) is 0 Å². The molecule has 2 aliphatic rings. The van der Waals surface area contributed by atoms with Crippen molar-refractivity contribution in [2.24, 2.45) is 11.1 Å². The van der Waals surface area contributed by atoms with E-state index in [2.05, 4.69) is 6.07 Å². The number of nitrogens with zero attached hydrogens (tertiary/aromatic N) is 1. The Morgan fingerprint density at radius 2 is 2.04 bits per heavy atom. The average molecular weight is 363 g/mol. The minimum absolute atomic E-state index is 0.0165. The molecule has 0 radical (unpaired) electrons. The lowest BCUT2D eigenvalue weighted by Gasteiger charge is -2.37. The molecule has 1 atom stereocenters. The maximum Gasteiger partial charge on any atom is 0.205 e. The number of nitriles is 1. The van der Waals surface area contributed by atoms with E-state index in [4.69, 9.17) is 33.7 Å². The third kappa shape index (κ3) is 2.68. The molecule has 0 spiro atoms. The van der Waals surface area contributed by atoms with Gasteiger partial charge in [0.2, 0.25) is 5.88 Å². The summed E-state index contributed by atoms with van der Waals surface area (Å²) in [6.45, 7) is 4.00. The predicted molar refractivity (Wildman–Crippen MR) is 92.2 cm³/mol. The molecule has 124 valence electrons. The normalized spacial score (nSPS) is 22.8. The van der Waals surface area contributed by atoms with Crippen molar-refractivity contribution in [1.29, 1.82) is 5.26 Å². The Hall–Kier alpha value is -1.96. The second-order valence-electron chi connectivity index (χ2n) is 6.85. The van der Waals surface area contributed by atoms with Crippen molar-refractivity contribution in [3.05, 3.63) is 56.6 Å². The summed E-state index contributed by atoms with van der Waals surface area (Å²) in [6.07, 6.45) is 0.949. The zero-order valence-corrected chi connectivity index (χ0v) is 14.8. The highest BCUT2D eigenvalue weighted by atomic mass is 35.5. The van der Waals surface area contributed by atoms with Crippen LogP contribution in [-0.2, 0) is 9.53 Å². The molecule has 0 aromatic heterocycles. The van der Waals surface area contributed by atoms with Crippen molar-refractivity contribution in [2.75, 3.05) is 0 Å². The van der Waals surface area contributed by atoms with E-state index < -0.39 is 5.92 Å². The quantitative estimate of drug-likeness (QED) is 0.800. The van der Waals surface area contributed by atoms with Crippen LogP contribution in [0.5, 0.6) is 0 Å². The van der Waals surface area contributed by atoms with Crippen LogP contribution in [0.4, 0.5) is 0 Å². The number of hydrogen-bond acceptors (Lipinski definition) is 4. The second-order valence-corrected chi connectivity index (χ2v) is 7.63. The van der Waals surface area contributed by atoms with Gasteiger partial charge < -0.3 is 10.5 Å². The van der Waals surface area contributed by atoms with Gasteiger partial charge in [-0.15, -0.1) is 0 Å². The topological polar surface area (TPSA) is 76.1 Å². The van der Waals surface area contributed by atoms with Gasteiger partial charge in [0, 0.05) is 18.4 Å². The molecular formula is C18H16Cl2N2O2. The summed E-state index contributed by atoms with van der Waals surface area (Å²) in [4.78, 5) is 12.8. The first-order valence-corrected chi connectivity index (χ1v) is 8.28. The molecule has 0 amide bonds. The highest BCUT2D eigenvalue weighted by molar-refractivity contribution is 6.42. The number of Topliss-reactive ketones (excluding diaryl/α,β-unsaturated/α-hetero) is 1. The highest BCUT2D eigenvalue weighted by Gasteiger charge is 2.43. The SMILES string of the molecule is CC1(C)CC(=O)C2=C(C1)OC(N)=C(C#N)[C@H]2c1cccc(Cl)c1Cl. The van der Waals surface area contributed by atoms with Crippen molar-refractivity contribution in [3.8, 4) is 6.07 Å². The molecule has 1 aromatic carbocycles. The Bertz CT molecular complexity index is 847. The number of allylic oxidation sites excluding steroid dienone is 3. The maximum atomic E-state index is 12.8. The smallest absolute Gasteiger partial charge is 0.205 e. The largest absolute Gasteiger partial charge is 0.444 e. The molecule has 4 nitrogen and oxygen atoms in total. The van der Waals surface area contributed by atoms with Crippen molar-refractivity contribution in [1.82, 2.24) is 0 Å². The molecule has 2 N–H and O–H groups in total. The Morgan fingerprint density at radius 3 is 2.71 bits per heavy atom. The van der Waals surface area contributed by atoms with Gasteiger partial charge in [0.25, 0.3) is 0 Å². The molecule has 24 heavy (non-hydrogen) atoms. The first-order valence-electron chi connectivity index (χ1n) is 7.53. The molecule has 3 rings (SSSR count). The van der Waals surface area contributed by atoms with Gasteiger partial charge in [0.15, 0.2) is 5.78 Å². The number of ether oxygens (including phenoxy) is 1. The summed E-state index contributed by atoms with van der Waals surface area (Å²) in [6, 6.07) is 7.22. The van der Waals surface area contributed by atoms with Crippen molar-refractivity contribution < 1.29 is 9.53 Å². The fourth-order valence-corrected chi connectivity index (χ4v) is 3.76. The van der Waals surface area contributed by atoms with Crippen LogP contribution in [0.15, 0.2) is 41.0 Å². The Labute approximate surface area is 150 Å². The molecule has 0 fully saturated rings. The van der Waals surface area contributed by atoms with Gasteiger partial charge in [-0.2, -0.15) is 5.26 Å². The number of hydrogen-bond donors (Lipinski definition) is 1. The van der Waals surface area contributed by atoms with Gasteiger partial charge in [0.1, 0.15) is 17.4 Å². The van der Waals surface area contributed by atoms with E-state index in [0.29, 0.717) is 39.8 Å². The van der Waals surface area contributed by atoms with Crippen molar-refractivity contribution >= 4 is 29.0 Å². The molecular weight excluding hydrogens is 347 g/mol. The Balaban J connectivity index is 2.24. The molecule has 1 aromatic rings. The van der Waals surface area contributed by atoms with Crippen molar-refractivity contribution in [2.45, 2.75) is 32.6 Å². The van der Waals surface area contributed by atoms with E-state index in [-0.39, 0.29) is 22.7 Å². The van der Waals surface area contributed by atoms with Gasteiger partial charge in [-0.1, -0.05) is 49.2 Å². The average Bonchev–Trinajstić information content (AvgIpc) is 2.47. The summed E-state index contributed by atoms with van der Waals surface area (Å²) in [5.74, 6) is -0.160. The van der Waals surface area contributed by atoms with Gasteiger partial charge in [0.05, 0.1) is 16.0 Å². The number of halogens is 2. The number of carbonyl (C=O) groups is 1. The van der Waals surface area contributed by atoms with Crippen LogP contribution in [0.25, 0.3) is 0 Å². The zero-order chi connectivity index (χ0) is 17.6. The van der Waals surface area contributed by atoms with E-state index in [9.17, 15) is 10.1 Å². The lowest BCUT2D eigenvalue weighted by atomic mass is 9.70. The van der Waals surface area contributed by atoms with Crippen LogP contribution in [0.1, 0.15) is 38.2 Å². The van der Waals surface area contributed by atoms with Gasteiger partial charge in [-0.05, 0) is 17.0 Å². The standard InChI is InChI=1S/C18H16Cl2N2O2/c1-18(2)6-12(23)15-13(7-18)24-17(22)10(8-21)14(15)9-4-3-5-11(19)16(9)20/h3-5,14H,6-7,22H2,1-2H3/t14-/m1/s1. The summed E-state index contributed by atoms with van der Waals surface area (Å²) in [5, 5.41) is 10.2. The number of benzene rings is 1. The lowest BCUT2D eigenvalue weighted by molar-refractivity contribution is -0.119. The van der Waals surface area contributed by atoms with Crippen LogP contribution in [0.2, 0.25) is 10.0 Å². The fourth-order valence-electron chi connectivity index (χ4n) is 3.34. The molecule has 0 bridgehead atoms. The molecule has 1 heterocycles. The molecule has 1 aliphatic carbocycles. The van der Waals surface area contributed by atoms with Crippen molar-refractivity contribution in [3.63, 3.8) is 0 Å². The van der Waals surface area contributed by atoms with E-state index in [1.165, 1.54) is 0 Å². The molecule has 0 saturated carbocycles. The van der Waals surface area contributed by atoms with Crippen LogP contribution in [0, 0.1) is 16.7 Å². The van der Waals surface area contributed by atoms with Crippen LogP contribution < -0.4 is 5.73 Å². The van der Waals surface area contributed by atoms with Gasteiger partial charge in [-0.3, -0.25) is 4.79 Å². The minimum atomic E-state index is -0.645. The summed E-state index contributed by atoms with van der Waals surface area (Å²) < 4.78 is 5.64. The maximum absolute atomic E-state index is 12.8. The van der Waals surface area contributed by atoms with E-state index in [1.54, 1.807) is 18.2 Å². The van der Waals surface area contributed by atoms with Crippen LogP contribution in [0.3, 0.4) is 0 Å². The summed E-state index contributed by atoms with van der Waals surface area (Å²) in [7, 11) is 0. The number of nitrogens with two attached hydrogens (primary N) is 1. The van der Waals surface area contributed by atoms with Crippen LogP contribution >= 0.6 is 23.2 Å². The second kappa shape index (κ2) is 5.84. The Kier molecular flexibility index (Phi) is 4.11. The lowest BCUT2D eigenvalue weighted by Crippen LogP contribution is -2.33. The summed E-state index contributed by atoms with van der Waals surface area (Å²) in [5.41, 5.74) is 6.98. The van der Waals surface area contributed by atoms with Gasteiger partial charge >= 0.3 is 0 Å². The first-order chi connectivity index (χ1) is 11.2. The predicted octanol–water partition coefficient (Wildman–Crippen LogP) is 4.44. The third-order valence-corrected chi connectivity index (χ3v) is 5.20. The fraction of sp³-hybridized carbons (Fsp3) is 0.333. The van der Waals surface area contributed by atoms with E-state index in [1.807, 2.05) is 13.8 Å². The number of ketones is 1. The third-order valence-electron chi connectivity index (χ3n) is 4.37. The molecule has 6 heteroatoms. The zero-order valence-electron chi connectivity index (χ0n) is 13.3. The number of rotatable bonds is 1. The minimum Gasteiger partial charge on any atom is -0.444 e. The van der Waals surface area contributed by atoms with Crippen LogP contribution in [-0.4, -0.2) is 5.78 Å². The van der Waals surface area contributed by atoms with E-state index >= 15 is 0 Å².